The zero-order valence-electron chi connectivity index (χ0n) is 13.9. The molecule has 4 nitrogen and oxygen atoms in total. The zero-order valence-corrected chi connectivity index (χ0v) is 15.4. The molecule has 2 aromatic carbocycles. The molecule has 132 valence electrons. The number of hydrogen-bond acceptors (Lipinski definition) is 3. The first kappa shape index (κ1) is 17.1. The van der Waals surface area contributed by atoms with E-state index in [1.165, 1.54) is 12.1 Å². The lowest BCUT2D eigenvalue weighted by atomic mass is 10.0. The highest BCUT2D eigenvalue weighted by Crippen LogP contribution is 2.43. The number of amides is 1. The van der Waals surface area contributed by atoms with Crippen LogP contribution >= 0.6 is 23.4 Å². The van der Waals surface area contributed by atoms with Crippen LogP contribution in [0.3, 0.4) is 0 Å². The van der Waals surface area contributed by atoms with E-state index in [1.807, 2.05) is 31.2 Å². The predicted octanol–water partition coefficient (Wildman–Crippen LogP) is 4.75. The van der Waals surface area contributed by atoms with Crippen molar-refractivity contribution in [2.75, 3.05) is 11.1 Å². The highest BCUT2D eigenvalue weighted by molar-refractivity contribution is 8.00. The molecule has 0 aliphatic carbocycles. The molecular formula is C19H15ClFN3OS. The van der Waals surface area contributed by atoms with Crippen molar-refractivity contribution >= 4 is 35.1 Å². The van der Waals surface area contributed by atoms with Crippen LogP contribution in [0.4, 0.5) is 10.2 Å². The van der Waals surface area contributed by atoms with Gasteiger partial charge in [-0.2, -0.15) is 5.10 Å². The number of carbonyl (C=O) groups is 1. The maximum absolute atomic E-state index is 13.3. The molecule has 0 saturated heterocycles. The summed E-state index contributed by atoms with van der Waals surface area (Å²) in [5.41, 5.74) is 3.52. The molecule has 3 aromatic rings. The third-order valence-corrected chi connectivity index (χ3v) is 5.77. The van der Waals surface area contributed by atoms with E-state index in [0.717, 1.165) is 16.8 Å². The lowest BCUT2D eigenvalue weighted by Gasteiger charge is -2.15. The van der Waals surface area contributed by atoms with Gasteiger partial charge in [-0.25, -0.2) is 9.07 Å². The van der Waals surface area contributed by atoms with Crippen LogP contribution < -0.4 is 5.32 Å². The van der Waals surface area contributed by atoms with Gasteiger partial charge in [0.15, 0.2) is 0 Å². The molecule has 1 aliphatic rings. The summed E-state index contributed by atoms with van der Waals surface area (Å²) in [5, 5.41) is 8.18. The van der Waals surface area contributed by atoms with Gasteiger partial charge in [-0.1, -0.05) is 23.7 Å². The zero-order chi connectivity index (χ0) is 18.3. The van der Waals surface area contributed by atoms with Gasteiger partial charge >= 0.3 is 0 Å². The third-order valence-electron chi connectivity index (χ3n) is 4.25. The van der Waals surface area contributed by atoms with Gasteiger partial charge in [0.2, 0.25) is 5.91 Å². The first-order valence-corrected chi connectivity index (χ1v) is 9.48. The largest absolute Gasteiger partial charge is 0.310 e. The second-order valence-corrected chi connectivity index (χ2v) is 7.56. The fraction of sp³-hybridized carbons (Fsp3) is 0.158. The lowest BCUT2D eigenvalue weighted by molar-refractivity contribution is -0.113. The molecule has 0 spiro atoms. The van der Waals surface area contributed by atoms with Crippen molar-refractivity contribution in [2.45, 2.75) is 12.2 Å². The Bertz CT molecular complexity index is 970. The molecule has 0 fully saturated rings. The second-order valence-electron chi connectivity index (χ2n) is 6.03. The number of rotatable bonds is 2. The average Bonchev–Trinajstić information content (AvgIpc) is 2.83. The summed E-state index contributed by atoms with van der Waals surface area (Å²) < 4.78 is 14.9. The van der Waals surface area contributed by atoms with Crippen LogP contribution in [0.5, 0.6) is 0 Å². The first-order valence-electron chi connectivity index (χ1n) is 8.05. The molecule has 2 heterocycles. The number of fused-ring (bicyclic) bond motifs is 1. The van der Waals surface area contributed by atoms with E-state index >= 15 is 0 Å². The number of nitrogens with zero attached hydrogens (tertiary/aromatic N) is 2. The van der Waals surface area contributed by atoms with E-state index in [0.29, 0.717) is 22.3 Å². The van der Waals surface area contributed by atoms with E-state index < -0.39 is 0 Å². The minimum Gasteiger partial charge on any atom is -0.310 e. The Labute approximate surface area is 159 Å². The monoisotopic (exact) mass is 387 g/mol. The van der Waals surface area contributed by atoms with Crippen LogP contribution in [-0.2, 0) is 4.79 Å². The maximum atomic E-state index is 13.3. The van der Waals surface area contributed by atoms with Crippen LogP contribution in [-0.4, -0.2) is 21.4 Å². The van der Waals surface area contributed by atoms with E-state index in [2.05, 4.69) is 10.4 Å². The van der Waals surface area contributed by atoms with Crippen molar-refractivity contribution in [3.8, 4) is 5.69 Å². The number of aryl methyl sites for hydroxylation is 1. The number of aromatic nitrogens is 2. The van der Waals surface area contributed by atoms with E-state index in [1.54, 1.807) is 28.6 Å². The molecule has 1 aromatic heterocycles. The Morgan fingerprint density at radius 2 is 1.88 bits per heavy atom. The molecule has 1 atom stereocenters. The highest BCUT2D eigenvalue weighted by Gasteiger charge is 2.30. The smallest absolute Gasteiger partial charge is 0.235 e. The van der Waals surface area contributed by atoms with Crippen LogP contribution in [0.1, 0.15) is 22.1 Å². The lowest BCUT2D eigenvalue weighted by Crippen LogP contribution is -2.15. The number of halogens is 2. The van der Waals surface area contributed by atoms with Crippen LogP contribution in [0, 0.1) is 12.7 Å². The molecule has 1 aliphatic heterocycles. The van der Waals surface area contributed by atoms with E-state index in [9.17, 15) is 9.18 Å². The fourth-order valence-corrected chi connectivity index (χ4v) is 4.37. The maximum Gasteiger partial charge on any atom is 0.235 e. The van der Waals surface area contributed by atoms with Gasteiger partial charge in [0.05, 0.1) is 22.4 Å². The molecule has 0 radical (unpaired) electrons. The van der Waals surface area contributed by atoms with Gasteiger partial charge in [-0.05, 0) is 48.9 Å². The van der Waals surface area contributed by atoms with Gasteiger partial charge in [0.25, 0.3) is 0 Å². The minimum absolute atomic E-state index is 0.0459. The van der Waals surface area contributed by atoms with Crippen molar-refractivity contribution < 1.29 is 9.18 Å². The topological polar surface area (TPSA) is 46.9 Å². The molecule has 26 heavy (non-hydrogen) atoms. The van der Waals surface area contributed by atoms with Crippen molar-refractivity contribution in [2.24, 2.45) is 0 Å². The van der Waals surface area contributed by atoms with E-state index in [-0.39, 0.29) is 17.0 Å². The summed E-state index contributed by atoms with van der Waals surface area (Å²) in [5.74, 6) is 0.563. The number of benzene rings is 2. The standard InChI is InChI=1S/C19H15ClFN3OS/c1-11-17-18(12-2-4-13(20)5-3-12)26-10-16(25)22-19(17)24(23-11)15-8-6-14(21)7-9-15/h2-9,18H,10H2,1H3,(H,22,25)/t18-/m0/s1. The number of thioether (sulfide) groups is 1. The molecule has 4 rings (SSSR count). The van der Waals surface area contributed by atoms with Crippen molar-refractivity contribution in [1.29, 1.82) is 0 Å². The fourth-order valence-electron chi connectivity index (χ4n) is 3.05. The molecular weight excluding hydrogens is 373 g/mol. The Morgan fingerprint density at radius 3 is 2.58 bits per heavy atom. The van der Waals surface area contributed by atoms with Gasteiger partial charge in [-0.3, -0.25) is 4.79 Å². The summed E-state index contributed by atoms with van der Waals surface area (Å²) in [6, 6.07) is 13.7. The second kappa shape index (κ2) is 6.78. The molecule has 7 heteroatoms. The summed E-state index contributed by atoms with van der Waals surface area (Å²) in [7, 11) is 0. The van der Waals surface area contributed by atoms with Gasteiger partial charge in [0, 0.05) is 10.6 Å². The molecule has 1 amide bonds. The number of carbonyl (C=O) groups excluding carboxylic acids is 1. The summed E-state index contributed by atoms with van der Waals surface area (Å²) >= 11 is 7.56. The number of hydrogen-bond donors (Lipinski definition) is 1. The van der Waals surface area contributed by atoms with Crippen molar-refractivity contribution in [1.82, 2.24) is 9.78 Å². The van der Waals surface area contributed by atoms with Crippen molar-refractivity contribution in [3.05, 3.63) is 76.2 Å². The van der Waals surface area contributed by atoms with Gasteiger partial charge in [-0.15, -0.1) is 11.8 Å². The molecule has 0 saturated carbocycles. The summed E-state index contributed by atoms with van der Waals surface area (Å²) in [6.45, 7) is 1.92. The molecule has 0 bridgehead atoms. The predicted molar refractivity (Wildman–Crippen MR) is 103 cm³/mol. The average molecular weight is 388 g/mol. The Balaban J connectivity index is 1.87. The third kappa shape index (κ3) is 3.10. The Morgan fingerprint density at radius 1 is 1.19 bits per heavy atom. The normalized spacial score (nSPS) is 16.7. The molecule has 0 unspecified atom stereocenters. The van der Waals surface area contributed by atoms with Crippen LogP contribution in [0.15, 0.2) is 48.5 Å². The van der Waals surface area contributed by atoms with Crippen LogP contribution in [0.2, 0.25) is 5.02 Å². The van der Waals surface area contributed by atoms with Crippen LogP contribution in [0.25, 0.3) is 5.69 Å². The van der Waals surface area contributed by atoms with Gasteiger partial charge in [0.1, 0.15) is 11.6 Å². The number of anilines is 1. The quantitative estimate of drug-likeness (QED) is 0.690. The first-order chi connectivity index (χ1) is 12.5. The van der Waals surface area contributed by atoms with E-state index in [4.69, 9.17) is 11.6 Å². The van der Waals surface area contributed by atoms with Gasteiger partial charge < -0.3 is 5.32 Å². The number of nitrogens with one attached hydrogen (secondary N) is 1. The Hall–Kier alpha value is -2.31. The summed E-state index contributed by atoms with van der Waals surface area (Å²) in [4.78, 5) is 12.3. The SMILES string of the molecule is Cc1nn(-c2ccc(F)cc2)c2c1[C@H](c1ccc(Cl)cc1)SCC(=O)N2. The molecule has 1 N–H and O–H groups in total. The Kier molecular flexibility index (Phi) is 4.46. The minimum atomic E-state index is -0.317. The van der Waals surface area contributed by atoms with Crippen molar-refractivity contribution in [3.63, 3.8) is 0 Å². The highest BCUT2D eigenvalue weighted by atomic mass is 35.5. The summed E-state index contributed by atoms with van der Waals surface area (Å²) in [6.07, 6.45) is 0.